The fourth-order valence-electron chi connectivity index (χ4n) is 5.36. The summed E-state index contributed by atoms with van der Waals surface area (Å²) in [4.78, 5) is 39.7. The largest absolute Gasteiger partial charge is 0.493 e. The van der Waals surface area contributed by atoms with Crippen LogP contribution < -0.4 is 24.3 Å². The van der Waals surface area contributed by atoms with Crippen LogP contribution in [0.15, 0.2) is 42.0 Å². The Morgan fingerprint density at radius 2 is 2.00 bits per heavy atom. The summed E-state index contributed by atoms with van der Waals surface area (Å²) < 4.78 is 22.5. The standard InChI is InChI=1S/C28H30N2O9/c1-3-23(33)30(12-15-4-5-20-21(9-15)38-14-37-20)19-11-18(28(35)29-6-7-31)24-17-8-16(13-32)10-22(36-2)26(17)39-27(24)25(19)34/h4-5,8-11,13,19,24-25,27,31,34H,3,6-7,12,14H2,1-2H3,(H,29,35)/t19-,24+,25+,27+/m1/s1. The molecule has 0 aromatic heterocycles. The quantitative estimate of drug-likeness (QED) is 0.403. The van der Waals surface area contributed by atoms with Crippen LogP contribution in [0.2, 0.25) is 0 Å². The maximum atomic E-state index is 13.4. The monoisotopic (exact) mass is 538 g/mol. The van der Waals surface area contributed by atoms with Gasteiger partial charge in [0.1, 0.15) is 18.5 Å². The van der Waals surface area contributed by atoms with Gasteiger partial charge >= 0.3 is 0 Å². The summed E-state index contributed by atoms with van der Waals surface area (Å²) in [6.45, 7) is 1.72. The van der Waals surface area contributed by atoms with Gasteiger partial charge in [-0.2, -0.15) is 0 Å². The van der Waals surface area contributed by atoms with Crippen LogP contribution in [0.25, 0.3) is 0 Å². The maximum Gasteiger partial charge on any atom is 0.247 e. The predicted octanol–water partition coefficient (Wildman–Crippen LogP) is 1.30. The summed E-state index contributed by atoms with van der Waals surface area (Å²) in [6.07, 6.45) is 0.257. The lowest BCUT2D eigenvalue weighted by molar-refractivity contribution is -0.137. The number of nitrogens with zero attached hydrogens (tertiary/aromatic N) is 1. The highest BCUT2D eigenvalue weighted by atomic mass is 16.7. The van der Waals surface area contributed by atoms with Gasteiger partial charge in [0.15, 0.2) is 23.0 Å². The average Bonchev–Trinajstić information content (AvgIpc) is 3.59. The summed E-state index contributed by atoms with van der Waals surface area (Å²) in [7, 11) is 1.44. The number of rotatable bonds is 9. The molecule has 0 saturated heterocycles. The van der Waals surface area contributed by atoms with Crippen LogP contribution >= 0.6 is 0 Å². The minimum absolute atomic E-state index is 0.0149. The van der Waals surface area contributed by atoms with Crippen molar-refractivity contribution in [1.29, 1.82) is 0 Å². The lowest BCUT2D eigenvalue weighted by Crippen LogP contribution is -2.55. The third kappa shape index (κ3) is 4.79. The van der Waals surface area contributed by atoms with Gasteiger partial charge in [-0.15, -0.1) is 0 Å². The SMILES string of the molecule is CCC(=O)N(Cc1ccc2c(c1)OCO2)[C@@H]1C=C(C(=O)NCCO)[C@@H]2c3cc(C=O)cc(OC)c3O[C@@H]2[C@H]1O. The fraction of sp³-hybridized carbons (Fsp3) is 0.393. The number of carbonyl (C=O) groups is 3. The highest BCUT2D eigenvalue weighted by Crippen LogP contribution is 2.51. The van der Waals surface area contributed by atoms with E-state index >= 15 is 0 Å². The van der Waals surface area contributed by atoms with E-state index in [2.05, 4.69) is 5.32 Å². The highest BCUT2D eigenvalue weighted by Gasteiger charge is 2.51. The first-order valence-electron chi connectivity index (χ1n) is 12.7. The van der Waals surface area contributed by atoms with Crippen molar-refractivity contribution in [2.45, 2.75) is 44.1 Å². The number of hydrogen-bond acceptors (Lipinski definition) is 9. The molecule has 11 nitrogen and oxygen atoms in total. The number of methoxy groups -OCH3 is 1. The van der Waals surface area contributed by atoms with Gasteiger partial charge in [0.2, 0.25) is 18.6 Å². The van der Waals surface area contributed by atoms with Gasteiger partial charge in [-0.05, 0) is 35.9 Å². The molecule has 206 valence electrons. The van der Waals surface area contributed by atoms with E-state index in [9.17, 15) is 24.6 Å². The number of aliphatic hydroxyl groups is 2. The summed E-state index contributed by atoms with van der Waals surface area (Å²) in [5.41, 5.74) is 1.86. The second-order valence-electron chi connectivity index (χ2n) is 9.47. The number of ether oxygens (including phenoxy) is 4. The fourth-order valence-corrected chi connectivity index (χ4v) is 5.36. The predicted molar refractivity (Wildman–Crippen MR) is 137 cm³/mol. The summed E-state index contributed by atoms with van der Waals surface area (Å²) in [5.74, 6) is 0.340. The number of aldehydes is 1. The van der Waals surface area contributed by atoms with Crippen molar-refractivity contribution < 1.29 is 43.5 Å². The van der Waals surface area contributed by atoms with E-state index < -0.39 is 30.1 Å². The Labute approximate surface area is 224 Å². The molecule has 2 amide bonds. The topological polar surface area (TPSA) is 144 Å². The molecule has 0 spiro atoms. The van der Waals surface area contributed by atoms with Crippen LogP contribution in [0.1, 0.15) is 40.7 Å². The summed E-state index contributed by atoms with van der Waals surface area (Å²) >= 11 is 0. The normalized spacial score (nSPS) is 22.2. The molecule has 2 heterocycles. The molecule has 11 heteroatoms. The number of fused-ring (bicyclic) bond motifs is 4. The summed E-state index contributed by atoms with van der Waals surface area (Å²) in [6, 6.07) is 7.57. The third-order valence-corrected chi connectivity index (χ3v) is 7.18. The molecule has 0 unspecified atom stereocenters. The molecular formula is C28H30N2O9. The van der Waals surface area contributed by atoms with Gasteiger partial charge in [0.25, 0.3) is 0 Å². The third-order valence-electron chi connectivity index (χ3n) is 7.18. The van der Waals surface area contributed by atoms with Gasteiger partial charge in [-0.1, -0.05) is 13.0 Å². The van der Waals surface area contributed by atoms with Crippen LogP contribution in [0.5, 0.6) is 23.0 Å². The molecule has 3 aliphatic rings. The minimum Gasteiger partial charge on any atom is -0.493 e. The Balaban J connectivity index is 1.57. The molecule has 0 saturated carbocycles. The molecule has 5 rings (SSSR count). The number of aliphatic hydroxyl groups excluding tert-OH is 2. The Morgan fingerprint density at radius 3 is 2.72 bits per heavy atom. The maximum absolute atomic E-state index is 13.4. The molecule has 0 bridgehead atoms. The molecule has 0 fully saturated rings. The zero-order chi connectivity index (χ0) is 27.7. The molecule has 1 aliphatic carbocycles. The van der Waals surface area contributed by atoms with Gasteiger partial charge in [-0.3, -0.25) is 14.4 Å². The number of hydrogen-bond donors (Lipinski definition) is 3. The molecule has 2 aromatic rings. The van der Waals surface area contributed by atoms with E-state index in [-0.39, 0.29) is 44.4 Å². The number of nitrogens with one attached hydrogen (secondary N) is 1. The van der Waals surface area contributed by atoms with Gasteiger partial charge in [-0.25, -0.2) is 0 Å². The lowest BCUT2D eigenvalue weighted by atomic mass is 9.77. The van der Waals surface area contributed by atoms with Crippen LogP contribution in [0.3, 0.4) is 0 Å². The van der Waals surface area contributed by atoms with Crippen LogP contribution in [-0.2, 0) is 16.1 Å². The molecule has 3 N–H and O–H groups in total. The van der Waals surface area contributed by atoms with E-state index in [1.807, 2.05) is 6.07 Å². The van der Waals surface area contributed by atoms with Crippen LogP contribution in [0, 0.1) is 0 Å². The molecular weight excluding hydrogens is 508 g/mol. The lowest BCUT2D eigenvalue weighted by Gasteiger charge is -2.40. The van der Waals surface area contributed by atoms with Crippen molar-refractivity contribution in [1.82, 2.24) is 10.2 Å². The Hall–Kier alpha value is -4.09. The van der Waals surface area contributed by atoms with Crippen LogP contribution in [-0.4, -0.2) is 78.5 Å². The molecule has 2 aliphatic heterocycles. The van der Waals surface area contributed by atoms with Gasteiger partial charge in [0.05, 0.1) is 25.7 Å². The van der Waals surface area contributed by atoms with Crippen molar-refractivity contribution in [3.05, 3.63) is 58.7 Å². The van der Waals surface area contributed by atoms with Gasteiger partial charge < -0.3 is 39.4 Å². The van der Waals surface area contributed by atoms with Crippen molar-refractivity contribution in [3.63, 3.8) is 0 Å². The molecule has 0 radical (unpaired) electrons. The first-order chi connectivity index (χ1) is 18.9. The van der Waals surface area contributed by atoms with Crippen molar-refractivity contribution in [3.8, 4) is 23.0 Å². The average molecular weight is 539 g/mol. The van der Waals surface area contributed by atoms with E-state index in [1.54, 1.807) is 31.2 Å². The Kier molecular flexibility index (Phi) is 7.45. The van der Waals surface area contributed by atoms with E-state index in [0.29, 0.717) is 40.4 Å². The Bertz CT molecular complexity index is 1320. The highest BCUT2D eigenvalue weighted by molar-refractivity contribution is 5.96. The summed E-state index contributed by atoms with van der Waals surface area (Å²) in [5, 5.41) is 23.6. The first kappa shape index (κ1) is 26.5. The number of carbonyl (C=O) groups excluding carboxylic acids is 3. The smallest absolute Gasteiger partial charge is 0.247 e. The van der Waals surface area contributed by atoms with Crippen LogP contribution in [0.4, 0.5) is 0 Å². The second-order valence-corrected chi connectivity index (χ2v) is 9.47. The second kappa shape index (κ2) is 11.0. The number of benzene rings is 2. The minimum atomic E-state index is -1.22. The molecule has 2 aromatic carbocycles. The van der Waals surface area contributed by atoms with Crippen molar-refractivity contribution >= 4 is 18.1 Å². The zero-order valence-electron chi connectivity index (χ0n) is 21.6. The van der Waals surface area contributed by atoms with Crippen molar-refractivity contribution in [2.24, 2.45) is 0 Å². The number of amides is 2. The Morgan fingerprint density at radius 1 is 1.21 bits per heavy atom. The molecule has 4 atom stereocenters. The van der Waals surface area contributed by atoms with E-state index in [0.717, 1.165) is 5.56 Å². The van der Waals surface area contributed by atoms with Crippen molar-refractivity contribution in [2.75, 3.05) is 27.1 Å². The first-order valence-corrected chi connectivity index (χ1v) is 12.7. The van der Waals surface area contributed by atoms with Gasteiger partial charge in [0, 0.05) is 36.2 Å². The molecule has 39 heavy (non-hydrogen) atoms. The zero-order valence-corrected chi connectivity index (χ0v) is 21.6. The van der Waals surface area contributed by atoms with E-state index in [1.165, 1.54) is 18.1 Å². The van der Waals surface area contributed by atoms with E-state index in [4.69, 9.17) is 18.9 Å².